The van der Waals surface area contributed by atoms with Gasteiger partial charge in [-0.1, -0.05) is 6.07 Å². The van der Waals surface area contributed by atoms with E-state index < -0.39 is 0 Å². The largest absolute Gasteiger partial charge is 0.382 e. The molecule has 1 unspecified atom stereocenters. The molecule has 1 fully saturated rings. The molecule has 1 aliphatic carbocycles. The molecule has 3 nitrogen and oxygen atoms in total. The maximum Gasteiger partial charge on any atom is 0.0932 e. The molecule has 4 heteroatoms. The van der Waals surface area contributed by atoms with Crippen LogP contribution in [0, 0.1) is 0 Å². The van der Waals surface area contributed by atoms with E-state index in [4.69, 9.17) is 9.47 Å². The van der Waals surface area contributed by atoms with Crippen molar-refractivity contribution in [1.29, 1.82) is 0 Å². The minimum Gasteiger partial charge on any atom is -0.382 e. The molecule has 0 amide bonds. The van der Waals surface area contributed by atoms with Crippen LogP contribution in [0.3, 0.4) is 0 Å². The minimum atomic E-state index is 0.181. The second-order valence-corrected chi connectivity index (χ2v) is 5.49. The van der Waals surface area contributed by atoms with Crippen molar-refractivity contribution in [2.24, 2.45) is 0 Å². The van der Waals surface area contributed by atoms with Crippen LogP contribution in [-0.2, 0) is 15.9 Å². The average molecular weight is 255 g/mol. The van der Waals surface area contributed by atoms with Gasteiger partial charge < -0.3 is 14.8 Å². The molecule has 2 rings (SSSR count). The molecule has 96 valence electrons. The molecule has 0 bridgehead atoms. The lowest BCUT2D eigenvalue weighted by Gasteiger charge is -2.17. The molecule has 0 radical (unpaired) electrons. The zero-order valence-corrected chi connectivity index (χ0v) is 11.2. The summed E-state index contributed by atoms with van der Waals surface area (Å²) in [6.45, 7) is 2.36. The van der Waals surface area contributed by atoms with Crippen LogP contribution >= 0.6 is 11.3 Å². The summed E-state index contributed by atoms with van der Waals surface area (Å²) in [4.78, 5) is 1.39. The molecule has 1 aliphatic rings. The van der Waals surface area contributed by atoms with Crippen molar-refractivity contribution in [2.75, 3.05) is 26.9 Å². The SMILES string of the molecule is COCC(CNC1CC1)OCCc1cccs1. The summed E-state index contributed by atoms with van der Waals surface area (Å²) in [7, 11) is 1.73. The van der Waals surface area contributed by atoms with Gasteiger partial charge in [0.1, 0.15) is 0 Å². The first kappa shape index (κ1) is 13.0. The highest BCUT2D eigenvalue weighted by Crippen LogP contribution is 2.18. The second kappa shape index (κ2) is 7.11. The smallest absolute Gasteiger partial charge is 0.0932 e. The fourth-order valence-corrected chi connectivity index (χ4v) is 2.41. The molecule has 1 saturated carbocycles. The lowest BCUT2D eigenvalue weighted by atomic mass is 10.3. The summed E-state index contributed by atoms with van der Waals surface area (Å²) in [5, 5.41) is 5.59. The summed E-state index contributed by atoms with van der Waals surface area (Å²) < 4.78 is 11.0. The monoisotopic (exact) mass is 255 g/mol. The number of thiophene rings is 1. The number of nitrogens with one attached hydrogen (secondary N) is 1. The first-order valence-electron chi connectivity index (χ1n) is 6.25. The Morgan fingerprint density at radius 2 is 2.41 bits per heavy atom. The highest BCUT2D eigenvalue weighted by molar-refractivity contribution is 7.09. The molecule has 1 heterocycles. The van der Waals surface area contributed by atoms with Crippen LogP contribution in [0.4, 0.5) is 0 Å². The molecule has 1 N–H and O–H groups in total. The number of methoxy groups -OCH3 is 1. The molecule has 0 aromatic carbocycles. The topological polar surface area (TPSA) is 30.5 Å². The van der Waals surface area contributed by atoms with Crippen molar-refractivity contribution in [1.82, 2.24) is 5.32 Å². The van der Waals surface area contributed by atoms with Crippen molar-refractivity contribution < 1.29 is 9.47 Å². The first-order valence-corrected chi connectivity index (χ1v) is 7.12. The van der Waals surface area contributed by atoms with E-state index in [2.05, 4.69) is 22.8 Å². The normalized spacial score (nSPS) is 17.2. The predicted octanol–water partition coefficient (Wildman–Crippen LogP) is 2.07. The van der Waals surface area contributed by atoms with E-state index in [0.717, 1.165) is 25.6 Å². The third kappa shape index (κ3) is 5.17. The third-order valence-corrected chi connectivity index (χ3v) is 3.78. The Balaban J connectivity index is 1.61. The molecule has 1 aromatic rings. The summed E-state index contributed by atoms with van der Waals surface area (Å²) in [6.07, 6.45) is 3.81. The van der Waals surface area contributed by atoms with Crippen LogP contribution < -0.4 is 5.32 Å². The first-order chi connectivity index (χ1) is 8.38. The molecule has 17 heavy (non-hydrogen) atoms. The zero-order chi connectivity index (χ0) is 11.9. The number of hydrogen-bond acceptors (Lipinski definition) is 4. The Bertz CT molecular complexity index is 298. The second-order valence-electron chi connectivity index (χ2n) is 4.46. The fourth-order valence-electron chi connectivity index (χ4n) is 1.72. The summed E-state index contributed by atoms with van der Waals surface area (Å²) >= 11 is 1.79. The van der Waals surface area contributed by atoms with Crippen molar-refractivity contribution in [3.05, 3.63) is 22.4 Å². The Labute approximate surface area is 107 Å². The van der Waals surface area contributed by atoms with E-state index in [1.807, 2.05) is 0 Å². The van der Waals surface area contributed by atoms with Gasteiger partial charge in [0, 0.05) is 31.0 Å². The van der Waals surface area contributed by atoms with Gasteiger partial charge in [0.15, 0.2) is 0 Å². The van der Waals surface area contributed by atoms with Gasteiger partial charge in [0.2, 0.25) is 0 Å². The lowest BCUT2D eigenvalue weighted by molar-refractivity contribution is 0.000405. The maximum atomic E-state index is 5.85. The molecule has 0 aliphatic heterocycles. The van der Waals surface area contributed by atoms with E-state index in [1.165, 1.54) is 17.7 Å². The summed E-state index contributed by atoms with van der Waals surface area (Å²) in [5.74, 6) is 0. The van der Waals surface area contributed by atoms with Crippen molar-refractivity contribution >= 4 is 11.3 Å². The minimum absolute atomic E-state index is 0.181. The third-order valence-electron chi connectivity index (χ3n) is 2.85. The standard InChI is InChI=1S/C13H21NO2S/c1-15-10-12(9-14-11-4-5-11)16-7-6-13-3-2-8-17-13/h2-3,8,11-12,14H,4-7,9-10H2,1H3. The molecule has 1 aromatic heterocycles. The van der Waals surface area contributed by atoms with Crippen molar-refractivity contribution in [2.45, 2.75) is 31.4 Å². The van der Waals surface area contributed by atoms with Gasteiger partial charge in [-0.25, -0.2) is 0 Å². The van der Waals surface area contributed by atoms with Gasteiger partial charge in [-0.05, 0) is 24.3 Å². The molecule has 0 spiro atoms. The summed E-state index contributed by atoms with van der Waals surface area (Å²) in [6, 6.07) is 4.97. The maximum absolute atomic E-state index is 5.85. The average Bonchev–Trinajstić information content (AvgIpc) is 3.02. The van der Waals surface area contributed by atoms with Gasteiger partial charge in [-0.2, -0.15) is 0 Å². The highest BCUT2D eigenvalue weighted by Gasteiger charge is 2.22. The van der Waals surface area contributed by atoms with Crippen LogP contribution in [0.1, 0.15) is 17.7 Å². The van der Waals surface area contributed by atoms with Gasteiger partial charge >= 0.3 is 0 Å². The molecular weight excluding hydrogens is 234 g/mol. The molecule has 0 saturated heterocycles. The lowest BCUT2D eigenvalue weighted by Crippen LogP contribution is -2.34. The van der Waals surface area contributed by atoms with Crippen LogP contribution in [0.25, 0.3) is 0 Å². The van der Waals surface area contributed by atoms with Crippen molar-refractivity contribution in [3.8, 4) is 0 Å². The van der Waals surface area contributed by atoms with Crippen LogP contribution in [0.5, 0.6) is 0 Å². The van der Waals surface area contributed by atoms with E-state index in [0.29, 0.717) is 6.61 Å². The van der Waals surface area contributed by atoms with Crippen molar-refractivity contribution in [3.63, 3.8) is 0 Å². The van der Waals surface area contributed by atoms with E-state index in [9.17, 15) is 0 Å². The van der Waals surface area contributed by atoms with Crippen LogP contribution in [0.2, 0.25) is 0 Å². The van der Waals surface area contributed by atoms with Gasteiger partial charge in [-0.15, -0.1) is 11.3 Å². The molecular formula is C13H21NO2S. The van der Waals surface area contributed by atoms with Crippen LogP contribution in [0.15, 0.2) is 17.5 Å². The Morgan fingerprint density at radius 1 is 1.53 bits per heavy atom. The Hall–Kier alpha value is -0.420. The summed E-state index contributed by atoms with van der Waals surface area (Å²) in [5.41, 5.74) is 0. The van der Waals surface area contributed by atoms with Gasteiger partial charge in [0.25, 0.3) is 0 Å². The van der Waals surface area contributed by atoms with Gasteiger partial charge in [0.05, 0.1) is 19.3 Å². The number of ether oxygens (including phenoxy) is 2. The predicted molar refractivity (Wildman–Crippen MR) is 70.7 cm³/mol. The van der Waals surface area contributed by atoms with Crippen LogP contribution in [-0.4, -0.2) is 39.0 Å². The number of hydrogen-bond donors (Lipinski definition) is 1. The Kier molecular flexibility index (Phi) is 5.45. The van der Waals surface area contributed by atoms with E-state index in [-0.39, 0.29) is 6.10 Å². The van der Waals surface area contributed by atoms with E-state index >= 15 is 0 Å². The molecule has 1 atom stereocenters. The van der Waals surface area contributed by atoms with Gasteiger partial charge in [-0.3, -0.25) is 0 Å². The highest BCUT2D eigenvalue weighted by atomic mass is 32.1. The fraction of sp³-hybridized carbons (Fsp3) is 0.692. The zero-order valence-electron chi connectivity index (χ0n) is 10.4. The quantitative estimate of drug-likeness (QED) is 0.733. The number of rotatable bonds is 9. The Morgan fingerprint density at radius 3 is 3.06 bits per heavy atom. The van der Waals surface area contributed by atoms with E-state index in [1.54, 1.807) is 18.4 Å².